The highest BCUT2D eigenvalue weighted by molar-refractivity contribution is 5.82. The van der Waals surface area contributed by atoms with Crippen LogP contribution in [0.4, 0.5) is 0 Å². The summed E-state index contributed by atoms with van der Waals surface area (Å²) in [5.41, 5.74) is 5.92. The van der Waals surface area contributed by atoms with Gasteiger partial charge in [-0.15, -0.1) is 0 Å². The number of amides is 1. The number of carboxylic acids is 1. The Balaban J connectivity index is 2.42. The number of nitrogens with zero attached hydrogens (tertiary/aromatic N) is 2. The topological polar surface area (TPSA) is 86.9 Å². The van der Waals surface area contributed by atoms with Gasteiger partial charge in [-0.1, -0.05) is 20.3 Å². The van der Waals surface area contributed by atoms with E-state index in [9.17, 15) is 9.59 Å². The Morgan fingerprint density at radius 1 is 1.28 bits per heavy atom. The number of carbonyl (C=O) groups is 2. The number of hydrogen-bond donors (Lipinski definition) is 2. The minimum absolute atomic E-state index is 0.0145. The maximum absolute atomic E-state index is 12.1. The molecule has 1 fully saturated rings. The fourth-order valence-corrected chi connectivity index (χ4v) is 2.03. The van der Waals surface area contributed by atoms with Gasteiger partial charge in [0, 0.05) is 26.2 Å². The van der Waals surface area contributed by atoms with E-state index in [4.69, 9.17) is 10.8 Å². The lowest BCUT2D eigenvalue weighted by Gasteiger charge is -2.35. The van der Waals surface area contributed by atoms with Crippen LogP contribution in [0.25, 0.3) is 0 Å². The number of hydrogen-bond acceptors (Lipinski definition) is 4. The lowest BCUT2D eigenvalue weighted by molar-refractivity contribution is -0.139. The van der Waals surface area contributed by atoms with Crippen molar-refractivity contribution in [2.75, 3.05) is 32.7 Å². The summed E-state index contributed by atoms with van der Waals surface area (Å²) in [5.74, 6) is -0.667. The Morgan fingerprint density at radius 3 is 2.28 bits per heavy atom. The maximum atomic E-state index is 12.1. The molecule has 1 heterocycles. The van der Waals surface area contributed by atoms with Gasteiger partial charge < -0.3 is 15.7 Å². The molecule has 0 bridgehead atoms. The van der Waals surface area contributed by atoms with E-state index in [2.05, 4.69) is 0 Å². The van der Waals surface area contributed by atoms with Crippen molar-refractivity contribution < 1.29 is 14.7 Å². The van der Waals surface area contributed by atoms with Crippen LogP contribution in [0.1, 0.15) is 20.3 Å². The molecule has 1 aliphatic heterocycles. The Morgan fingerprint density at radius 2 is 1.83 bits per heavy atom. The predicted octanol–water partition coefficient (Wildman–Crippen LogP) is -0.411. The summed E-state index contributed by atoms with van der Waals surface area (Å²) in [7, 11) is 0. The number of carboxylic acid groups (broad SMARTS) is 1. The second-order valence-electron chi connectivity index (χ2n) is 4.91. The van der Waals surface area contributed by atoms with Gasteiger partial charge in [0.25, 0.3) is 0 Å². The zero-order valence-corrected chi connectivity index (χ0v) is 11.1. The van der Waals surface area contributed by atoms with Gasteiger partial charge in [0.15, 0.2) is 0 Å². The highest BCUT2D eigenvalue weighted by Crippen LogP contribution is 2.10. The number of nitrogens with two attached hydrogens (primary N) is 1. The van der Waals surface area contributed by atoms with Gasteiger partial charge in [0.2, 0.25) is 5.91 Å². The molecular formula is C12H23N3O3. The van der Waals surface area contributed by atoms with Crippen LogP contribution in [0.5, 0.6) is 0 Å². The first-order valence-electron chi connectivity index (χ1n) is 6.44. The first kappa shape index (κ1) is 14.9. The first-order chi connectivity index (χ1) is 8.45. The average molecular weight is 257 g/mol. The molecule has 1 amide bonds. The first-order valence-corrected chi connectivity index (χ1v) is 6.44. The highest BCUT2D eigenvalue weighted by Gasteiger charge is 2.28. The molecule has 1 aliphatic rings. The molecule has 0 spiro atoms. The van der Waals surface area contributed by atoms with E-state index in [-0.39, 0.29) is 18.4 Å². The van der Waals surface area contributed by atoms with Crippen LogP contribution in [-0.2, 0) is 9.59 Å². The Bertz CT molecular complexity index is 301. The molecule has 3 N–H and O–H groups in total. The quantitative estimate of drug-likeness (QED) is 0.699. The van der Waals surface area contributed by atoms with Gasteiger partial charge in [-0.05, 0) is 5.92 Å². The molecule has 18 heavy (non-hydrogen) atoms. The second-order valence-corrected chi connectivity index (χ2v) is 4.91. The van der Waals surface area contributed by atoms with E-state index in [1.165, 1.54) is 0 Å². The fraction of sp³-hybridized carbons (Fsp3) is 0.833. The molecule has 104 valence electrons. The Labute approximate surface area is 108 Å². The van der Waals surface area contributed by atoms with Crippen LogP contribution < -0.4 is 5.73 Å². The minimum atomic E-state index is -0.828. The fourth-order valence-electron chi connectivity index (χ4n) is 2.03. The van der Waals surface area contributed by atoms with Crippen molar-refractivity contribution in [2.24, 2.45) is 11.7 Å². The van der Waals surface area contributed by atoms with E-state index < -0.39 is 12.0 Å². The van der Waals surface area contributed by atoms with Crippen molar-refractivity contribution in [2.45, 2.75) is 26.3 Å². The summed E-state index contributed by atoms with van der Waals surface area (Å²) in [5, 5.41) is 8.69. The van der Waals surface area contributed by atoms with Crippen LogP contribution in [0.3, 0.4) is 0 Å². The lowest BCUT2D eigenvalue weighted by atomic mass is 9.98. The molecule has 2 atom stereocenters. The van der Waals surface area contributed by atoms with Crippen LogP contribution in [0, 0.1) is 5.92 Å². The summed E-state index contributed by atoms with van der Waals surface area (Å²) in [6.45, 7) is 6.37. The van der Waals surface area contributed by atoms with E-state index in [1.807, 2.05) is 18.7 Å². The van der Waals surface area contributed by atoms with Crippen molar-refractivity contribution in [1.29, 1.82) is 0 Å². The van der Waals surface area contributed by atoms with Gasteiger partial charge in [-0.3, -0.25) is 14.5 Å². The summed E-state index contributed by atoms with van der Waals surface area (Å²) in [4.78, 5) is 26.2. The minimum Gasteiger partial charge on any atom is -0.480 e. The van der Waals surface area contributed by atoms with Crippen molar-refractivity contribution in [3.8, 4) is 0 Å². The van der Waals surface area contributed by atoms with E-state index >= 15 is 0 Å². The van der Waals surface area contributed by atoms with E-state index in [0.717, 1.165) is 6.42 Å². The highest BCUT2D eigenvalue weighted by atomic mass is 16.4. The van der Waals surface area contributed by atoms with Crippen LogP contribution >= 0.6 is 0 Å². The molecule has 0 saturated carbocycles. The molecule has 6 nitrogen and oxygen atoms in total. The number of carbonyl (C=O) groups excluding carboxylic acids is 1. The molecule has 1 unspecified atom stereocenters. The van der Waals surface area contributed by atoms with Gasteiger partial charge in [-0.25, -0.2) is 0 Å². The average Bonchev–Trinajstić information content (AvgIpc) is 2.36. The van der Waals surface area contributed by atoms with Crippen molar-refractivity contribution in [3.63, 3.8) is 0 Å². The van der Waals surface area contributed by atoms with Crippen LogP contribution in [-0.4, -0.2) is 65.5 Å². The molecule has 0 aromatic rings. The van der Waals surface area contributed by atoms with Gasteiger partial charge in [-0.2, -0.15) is 0 Å². The SMILES string of the molecule is CCC(C)[C@H](N)C(=O)N1CCN(CC(=O)O)CC1. The second kappa shape index (κ2) is 6.70. The molecule has 0 aromatic heterocycles. The summed E-state index contributed by atoms with van der Waals surface area (Å²) >= 11 is 0. The third-order valence-electron chi connectivity index (χ3n) is 3.58. The molecule has 6 heteroatoms. The molecule has 1 rings (SSSR count). The number of piperazine rings is 1. The van der Waals surface area contributed by atoms with E-state index in [0.29, 0.717) is 26.2 Å². The van der Waals surface area contributed by atoms with Gasteiger partial charge >= 0.3 is 5.97 Å². The molecule has 1 saturated heterocycles. The van der Waals surface area contributed by atoms with Crippen molar-refractivity contribution in [1.82, 2.24) is 9.80 Å². The number of aliphatic carboxylic acids is 1. The number of rotatable bonds is 5. The largest absolute Gasteiger partial charge is 0.480 e. The predicted molar refractivity (Wildman–Crippen MR) is 68.1 cm³/mol. The smallest absolute Gasteiger partial charge is 0.317 e. The Kier molecular flexibility index (Phi) is 5.55. The van der Waals surface area contributed by atoms with Crippen molar-refractivity contribution >= 4 is 11.9 Å². The Hall–Kier alpha value is -1.14. The molecule has 0 radical (unpaired) electrons. The van der Waals surface area contributed by atoms with E-state index in [1.54, 1.807) is 4.90 Å². The normalized spacial score (nSPS) is 20.5. The summed E-state index contributed by atoms with van der Waals surface area (Å²) in [6, 6.07) is -0.443. The maximum Gasteiger partial charge on any atom is 0.317 e. The van der Waals surface area contributed by atoms with Gasteiger partial charge in [0.05, 0.1) is 12.6 Å². The molecule has 0 aliphatic carbocycles. The van der Waals surface area contributed by atoms with Crippen molar-refractivity contribution in [3.05, 3.63) is 0 Å². The molecule has 0 aromatic carbocycles. The summed E-state index contributed by atoms with van der Waals surface area (Å²) in [6.07, 6.45) is 0.881. The third kappa shape index (κ3) is 3.96. The van der Waals surface area contributed by atoms with Crippen LogP contribution in [0.15, 0.2) is 0 Å². The third-order valence-corrected chi connectivity index (χ3v) is 3.58. The zero-order chi connectivity index (χ0) is 13.7. The molecular weight excluding hydrogens is 234 g/mol. The monoisotopic (exact) mass is 257 g/mol. The van der Waals surface area contributed by atoms with Gasteiger partial charge in [0.1, 0.15) is 0 Å². The standard InChI is InChI=1S/C12H23N3O3/c1-3-9(2)11(13)12(18)15-6-4-14(5-7-15)8-10(16)17/h9,11H,3-8,13H2,1-2H3,(H,16,17)/t9?,11-/m0/s1. The summed E-state index contributed by atoms with van der Waals surface area (Å²) < 4.78 is 0. The van der Waals surface area contributed by atoms with Crippen LogP contribution in [0.2, 0.25) is 0 Å². The zero-order valence-electron chi connectivity index (χ0n) is 11.1. The lowest BCUT2D eigenvalue weighted by Crippen LogP contribution is -2.55.